The minimum Gasteiger partial charge on any atom is -0.465 e. The molecule has 0 fully saturated rings. The number of esters is 1. The van der Waals surface area contributed by atoms with Crippen molar-refractivity contribution in [1.29, 1.82) is 0 Å². The third-order valence-corrected chi connectivity index (χ3v) is 6.40. The number of rotatable bonds is 3. The van der Waals surface area contributed by atoms with Gasteiger partial charge in [-0.2, -0.15) is 0 Å². The molecule has 0 spiro atoms. The molecule has 7 heteroatoms. The van der Waals surface area contributed by atoms with Gasteiger partial charge in [0.25, 0.3) is 5.91 Å². The number of ether oxygens (including phenoxy) is 1. The number of hydrogen-bond donors (Lipinski definition) is 0. The van der Waals surface area contributed by atoms with Gasteiger partial charge in [-0.3, -0.25) is 4.79 Å². The number of fused-ring (bicyclic) bond motifs is 2. The number of hydrogen-bond acceptors (Lipinski definition) is 4. The van der Waals surface area contributed by atoms with Crippen molar-refractivity contribution in [2.24, 2.45) is 0 Å². The molecule has 29 heavy (non-hydrogen) atoms. The molecule has 0 radical (unpaired) electrons. The second-order valence-corrected chi connectivity index (χ2v) is 8.31. The quantitative estimate of drug-likeness (QED) is 0.581. The van der Waals surface area contributed by atoms with E-state index in [-0.39, 0.29) is 18.0 Å². The lowest BCUT2D eigenvalue weighted by atomic mass is 10.1. The average Bonchev–Trinajstić information content (AvgIpc) is 2.83. The Kier molecular flexibility index (Phi) is 5.22. The minimum atomic E-state index is -1.58. The van der Waals surface area contributed by atoms with Crippen LogP contribution >= 0.6 is 11.6 Å². The molecule has 1 aliphatic rings. The summed E-state index contributed by atoms with van der Waals surface area (Å²) in [6.45, 7) is 0.211. The first-order valence-corrected chi connectivity index (χ1v) is 10.3. The number of benzene rings is 3. The number of carbonyl (C=O) groups is 2. The van der Waals surface area contributed by atoms with E-state index in [1.807, 2.05) is 6.07 Å². The average molecular weight is 426 g/mol. The lowest BCUT2D eigenvalue weighted by molar-refractivity contribution is 0.0600. The Hall–Kier alpha value is -2.96. The lowest BCUT2D eigenvalue weighted by Gasteiger charge is -2.23. The van der Waals surface area contributed by atoms with Gasteiger partial charge in [0.2, 0.25) is 0 Å². The molecule has 0 saturated carbocycles. The summed E-state index contributed by atoms with van der Waals surface area (Å²) in [4.78, 5) is 27.9. The van der Waals surface area contributed by atoms with Crippen LogP contribution in [0.5, 0.6) is 0 Å². The van der Waals surface area contributed by atoms with E-state index >= 15 is 0 Å². The van der Waals surface area contributed by atoms with Crippen LogP contribution in [-0.4, -0.2) is 23.2 Å². The molecule has 0 unspecified atom stereocenters. The Balaban J connectivity index is 1.92. The van der Waals surface area contributed by atoms with E-state index in [9.17, 15) is 13.8 Å². The maximum atomic E-state index is 13.4. The van der Waals surface area contributed by atoms with Crippen molar-refractivity contribution in [3.63, 3.8) is 0 Å². The van der Waals surface area contributed by atoms with Crippen LogP contribution in [0.3, 0.4) is 0 Å². The van der Waals surface area contributed by atoms with Gasteiger partial charge in [-0.25, -0.2) is 9.00 Å². The molecular weight excluding hydrogens is 410 g/mol. The first-order valence-electron chi connectivity index (χ1n) is 8.79. The fourth-order valence-electron chi connectivity index (χ4n) is 3.28. The third-order valence-electron chi connectivity index (χ3n) is 4.66. The third kappa shape index (κ3) is 3.57. The van der Waals surface area contributed by atoms with Crippen molar-refractivity contribution in [2.75, 3.05) is 12.0 Å². The van der Waals surface area contributed by atoms with Crippen LogP contribution in [0, 0.1) is 0 Å². The zero-order valence-electron chi connectivity index (χ0n) is 15.4. The van der Waals surface area contributed by atoms with E-state index in [4.69, 9.17) is 16.3 Å². The van der Waals surface area contributed by atoms with Gasteiger partial charge in [-0.1, -0.05) is 35.9 Å². The van der Waals surface area contributed by atoms with Gasteiger partial charge in [0, 0.05) is 5.02 Å². The predicted octanol–water partition coefficient (Wildman–Crippen LogP) is 4.45. The summed E-state index contributed by atoms with van der Waals surface area (Å²) in [6.07, 6.45) is 0. The molecule has 0 N–H and O–H groups in total. The SMILES string of the molecule is COC(=O)c1ccc2c(c1)N(Cc1cccc(Cl)c1)C(=O)c1ccccc1[S@]2=O. The maximum absolute atomic E-state index is 13.4. The molecule has 0 aromatic heterocycles. The highest BCUT2D eigenvalue weighted by Gasteiger charge is 2.31. The fraction of sp³-hybridized carbons (Fsp3) is 0.0909. The molecule has 1 atom stereocenters. The van der Waals surface area contributed by atoms with Gasteiger partial charge in [0.15, 0.2) is 0 Å². The normalized spacial score (nSPS) is 15.3. The minimum absolute atomic E-state index is 0.211. The van der Waals surface area contributed by atoms with Gasteiger partial charge < -0.3 is 9.64 Å². The molecule has 3 aromatic rings. The second kappa shape index (κ2) is 7.81. The maximum Gasteiger partial charge on any atom is 0.337 e. The predicted molar refractivity (Wildman–Crippen MR) is 111 cm³/mol. The molecular formula is C22H16ClNO4S. The summed E-state index contributed by atoms with van der Waals surface area (Å²) in [5.74, 6) is -0.829. The Morgan fingerprint density at radius 3 is 2.59 bits per heavy atom. The highest BCUT2D eigenvalue weighted by Crippen LogP contribution is 2.36. The fourth-order valence-corrected chi connectivity index (χ4v) is 4.84. The molecule has 1 heterocycles. The summed E-state index contributed by atoms with van der Waals surface area (Å²) in [7, 11) is -0.287. The van der Waals surface area contributed by atoms with Crippen molar-refractivity contribution in [3.05, 3.63) is 88.4 Å². The molecule has 0 aliphatic carbocycles. The highest BCUT2D eigenvalue weighted by molar-refractivity contribution is 7.85. The topological polar surface area (TPSA) is 63.7 Å². The molecule has 1 amide bonds. The molecule has 146 valence electrons. The summed E-state index contributed by atoms with van der Waals surface area (Å²) in [6, 6.07) is 18.7. The Morgan fingerprint density at radius 1 is 1.03 bits per heavy atom. The largest absolute Gasteiger partial charge is 0.465 e. The number of nitrogens with zero attached hydrogens (tertiary/aromatic N) is 1. The summed E-state index contributed by atoms with van der Waals surface area (Å²) in [5, 5.41) is 0.553. The first kappa shape index (κ1) is 19.4. The van der Waals surface area contributed by atoms with Gasteiger partial charge in [0.05, 0.1) is 51.1 Å². The Morgan fingerprint density at radius 2 is 1.83 bits per heavy atom. The van der Waals surface area contributed by atoms with Crippen molar-refractivity contribution >= 4 is 40.0 Å². The second-order valence-electron chi connectivity index (χ2n) is 6.46. The van der Waals surface area contributed by atoms with Crippen LogP contribution in [0.15, 0.2) is 76.5 Å². The van der Waals surface area contributed by atoms with Crippen LogP contribution in [-0.2, 0) is 22.1 Å². The van der Waals surface area contributed by atoms with Crippen molar-refractivity contribution in [2.45, 2.75) is 16.3 Å². The summed E-state index contributed by atoms with van der Waals surface area (Å²) in [5.41, 5.74) is 1.86. The number of halogens is 1. The highest BCUT2D eigenvalue weighted by atomic mass is 35.5. The number of carbonyl (C=O) groups excluding carboxylic acids is 2. The van der Waals surface area contributed by atoms with Gasteiger partial charge in [-0.05, 0) is 48.0 Å². The van der Waals surface area contributed by atoms with Crippen LogP contribution in [0.2, 0.25) is 5.02 Å². The Labute approximate surface area is 175 Å². The number of anilines is 1. The summed E-state index contributed by atoms with van der Waals surface area (Å²) >= 11 is 6.11. The van der Waals surface area contributed by atoms with E-state index in [2.05, 4.69) is 0 Å². The van der Waals surface area contributed by atoms with E-state index in [1.165, 1.54) is 12.0 Å². The van der Waals surface area contributed by atoms with Gasteiger partial charge in [0.1, 0.15) is 0 Å². The summed E-state index contributed by atoms with van der Waals surface area (Å²) < 4.78 is 18.1. The van der Waals surface area contributed by atoms with Crippen LogP contribution in [0.4, 0.5) is 5.69 Å². The zero-order valence-corrected chi connectivity index (χ0v) is 17.0. The molecule has 4 rings (SSSR count). The van der Waals surface area contributed by atoms with Crippen molar-refractivity contribution in [3.8, 4) is 0 Å². The lowest BCUT2D eigenvalue weighted by Crippen LogP contribution is -2.30. The smallest absolute Gasteiger partial charge is 0.337 e. The Bertz CT molecular complexity index is 1160. The van der Waals surface area contributed by atoms with Gasteiger partial charge >= 0.3 is 5.97 Å². The van der Waals surface area contributed by atoms with E-state index < -0.39 is 16.8 Å². The standard InChI is InChI=1S/C22H16ClNO4S/c1-28-22(26)15-9-10-20-18(12-15)24(13-14-5-4-6-16(23)11-14)21(25)17-7-2-3-8-19(17)29(20)27/h2-12H,13H2,1H3/t29-/m1/s1. The van der Waals surface area contributed by atoms with E-state index in [0.29, 0.717) is 26.1 Å². The molecule has 3 aromatic carbocycles. The number of amides is 1. The van der Waals surface area contributed by atoms with Crippen LogP contribution < -0.4 is 4.90 Å². The molecule has 0 bridgehead atoms. The first-order chi connectivity index (χ1) is 14.0. The van der Waals surface area contributed by atoms with Crippen molar-refractivity contribution < 1.29 is 18.5 Å². The zero-order chi connectivity index (χ0) is 20.5. The monoisotopic (exact) mass is 425 g/mol. The van der Waals surface area contributed by atoms with Crippen LogP contribution in [0.25, 0.3) is 0 Å². The van der Waals surface area contributed by atoms with Gasteiger partial charge in [-0.15, -0.1) is 0 Å². The van der Waals surface area contributed by atoms with Crippen molar-refractivity contribution in [1.82, 2.24) is 0 Å². The molecule has 0 saturated heterocycles. The van der Waals surface area contributed by atoms with E-state index in [0.717, 1.165) is 5.56 Å². The number of methoxy groups -OCH3 is 1. The molecule has 5 nitrogen and oxygen atoms in total. The molecule has 1 aliphatic heterocycles. The van der Waals surface area contributed by atoms with Crippen LogP contribution in [0.1, 0.15) is 26.3 Å². The van der Waals surface area contributed by atoms with E-state index in [1.54, 1.807) is 60.7 Å².